The van der Waals surface area contributed by atoms with Crippen molar-refractivity contribution in [3.8, 4) is 0 Å². The van der Waals surface area contributed by atoms with Gasteiger partial charge in [-0.2, -0.15) is 0 Å². The molecule has 3 heterocycles. The number of thioether (sulfide) groups is 1. The molecule has 0 aliphatic carbocycles. The van der Waals surface area contributed by atoms with Crippen LogP contribution in [-0.2, 0) is 9.53 Å². The van der Waals surface area contributed by atoms with E-state index >= 15 is 0 Å². The number of hydrogen-bond donors (Lipinski definition) is 1. The van der Waals surface area contributed by atoms with Crippen molar-refractivity contribution in [1.82, 2.24) is 15.2 Å². The van der Waals surface area contributed by atoms with Crippen LogP contribution in [0.5, 0.6) is 0 Å². The maximum atomic E-state index is 12.5. The molecule has 1 atom stereocenters. The zero-order valence-electron chi connectivity index (χ0n) is 14.2. The molecular weight excluding hydrogens is 322 g/mol. The topological polar surface area (TPSA) is 54.5 Å². The van der Waals surface area contributed by atoms with Crippen LogP contribution < -0.4 is 5.32 Å². The Labute approximate surface area is 148 Å². The third-order valence-electron chi connectivity index (χ3n) is 4.82. The minimum Gasteiger partial charge on any atom is -0.381 e. The third-order valence-corrected chi connectivity index (χ3v) is 5.77. The Kier molecular flexibility index (Phi) is 6.93. The van der Waals surface area contributed by atoms with Crippen molar-refractivity contribution in [3.63, 3.8) is 0 Å². The molecule has 0 aromatic carbocycles. The second-order valence-electron chi connectivity index (χ2n) is 6.49. The monoisotopic (exact) mass is 349 g/mol. The van der Waals surface area contributed by atoms with Crippen LogP contribution in [0.4, 0.5) is 0 Å². The Hall–Kier alpha value is -1.11. The van der Waals surface area contributed by atoms with E-state index in [1.54, 1.807) is 18.0 Å². The molecule has 0 bridgehead atoms. The van der Waals surface area contributed by atoms with Gasteiger partial charge < -0.3 is 10.1 Å². The maximum absolute atomic E-state index is 12.5. The second kappa shape index (κ2) is 9.39. The number of pyridine rings is 1. The highest BCUT2D eigenvalue weighted by atomic mass is 32.2. The van der Waals surface area contributed by atoms with Crippen molar-refractivity contribution in [2.75, 3.05) is 38.6 Å². The summed E-state index contributed by atoms with van der Waals surface area (Å²) in [6.45, 7) is 4.47. The molecule has 0 saturated carbocycles. The molecule has 6 heteroatoms. The van der Waals surface area contributed by atoms with E-state index in [4.69, 9.17) is 4.74 Å². The summed E-state index contributed by atoms with van der Waals surface area (Å²) >= 11 is 1.68. The van der Waals surface area contributed by atoms with Gasteiger partial charge in [-0.05, 0) is 44.4 Å². The molecule has 2 aliphatic heterocycles. The lowest BCUT2D eigenvalue weighted by Crippen LogP contribution is -2.48. The normalized spacial score (nSPS) is 23.1. The fraction of sp³-hybridized carbons (Fsp3) is 0.667. The highest BCUT2D eigenvalue weighted by molar-refractivity contribution is 7.99. The van der Waals surface area contributed by atoms with Gasteiger partial charge in [0.2, 0.25) is 5.91 Å². The summed E-state index contributed by atoms with van der Waals surface area (Å²) in [7, 11) is 0. The van der Waals surface area contributed by atoms with Crippen LogP contribution in [0.1, 0.15) is 25.7 Å². The molecule has 0 spiro atoms. The molecule has 2 fully saturated rings. The zero-order chi connectivity index (χ0) is 16.6. The molecule has 1 aromatic rings. The van der Waals surface area contributed by atoms with Gasteiger partial charge in [-0.25, -0.2) is 4.98 Å². The van der Waals surface area contributed by atoms with Gasteiger partial charge in [-0.3, -0.25) is 9.69 Å². The summed E-state index contributed by atoms with van der Waals surface area (Å²) < 4.78 is 5.45. The third kappa shape index (κ3) is 5.19. The molecule has 132 valence electrons. The number of rotatable bonds is 6. The number of nitrogens with zero attached hydrogens (tertiary/aromatic N) is 2. The molecule has 2 saturated heterocycles. The maximum Gasteiger partial charge on any atom is 0.224 e. The van der Waals surface area contributed by atoms with Crippen LogP contribution in [0, 0.1) is 5.92 Å². The summed E-state index contributed by atoms with van der Waals surface area (Å²) in [5.41, 5.74) is 0. The number of carbonyl (C=O) groups is 1. The zero-order valence-corrected chi connectivity index (χ0v) is 15.0. The summed E-state index contributed by atoms with van der Waals surface area (Å²) in [5.74, 6) is 1.22. The Bertz CT molecular complexity index is 508. The smallest absolute Gasteiger partial charge is 0.224 e. The van der Waals surface area contributed by atoms with Gasteiger partial charge in [0.05, 0.1) is 10.9 Å². The average molecular weight is 350 g/mol. The number of carbonyl (C=O) groups excluding carboxylic acids is 1. The Balaban J connectivity index is 1.38. The fourth-order valence-electron chi connectivity index (χ4n) is 3.51. The molecule has 3 rings (SSSR count). The summed E-state index contributed by atoms with van der Waals surface area (Å²) in [4.78, 5) is 19.2. The van der Waals surface area contributed by atoms with Gasteiger partial charge in [0.25, 0.3) is 0 Å². The molecule has 1 aromatic heterocycles. The summed E-state index contributed by atoms with van der Waals surface area (Å²) in [6, 6.07) is 6.51. The average Bonchev–Trinajstić information content (AvgIpc) is 2.67. The molecule has 1 N–H and O–H groups in total. The lowest BCUT2D eigenvalue weighted by Gasteiger charge is -2.39. The Morgan fingerprint density at radius 2 is 2.21 bits per heavy atom. The van der Waals surface area contributed by atoms with E-state index in [-0.39, 0.29) is 11.8 Å². The van der Waals surface area contributed by atoms with E-state index < -0.39 is 0 Å². The molecule has 1 unspecified atom stereocenters. The molecule has 24 heavy (non-hydrogen) atoms. The van der Waals surface area contributed by atoms with E-state index in [0.717, 1.165) is 62.8 Å². The highest BCUT2D eigenvalue weighted by Crippen LogP contribution is 2.23. The Morgan fingerprint density at radius 1 is 1.33 bits per heavy atom. The number of ether oxygens (including phenoxy) is 1. The summed E-state index contributed by atoms with van der Waals surface area (Å²) in [5, 5.41) is 4.12. The first-order valence-corrected chi connectivity index (χ1v) is 9.95. The van der Waals surface area contributed by atoms with Gasteiger partial charge in [0, 0.05) is 44.3 Å². The number of piperidine rings is 1. The van der Waals surface area contributed by atoms with E-state index in [0.29, 0.717) is 12.6 Å². The van der Waals surface area contributed by atoms with Gasteiger partial charge in [-0.15, -0.1) is 11.8 Å². The van der Waals surface area contributed by atoms with E-state index in [1.165, 1.54) is 0 Å². The lowest BCUT2D eigenvalue weighted by molar-refractivity contribution is -0.127. The number of amides is 1. The molecule has 1 amide bonds. The van der Waals surface area contributed by atoms with Crippen molar-refractivity contribution in [3.05, 3.63) is 24.4 Å². The van der Waals surface area contributed by atoms with Crippen LogP contribution in [0.25, 0.3) is 0 Å². The fourth-order valence-corrected chi connectivity index (χ4v) is 4.23. The highest BCUT2D eigenvalue weighted by Gasteiger charge is 2.30. The van der Waals surface area contributed by atoms with Gasteiger partial charge in [-0.1, -0.05) is 6.07 Å². The van der Waals surface area contributed by atoms with Gasteiger partial charge in [0.15, 0.2) is 0 Å². The Morgan fingerprint density at radius 3 is 3.00 bits per heavy atom. The van der Waals surface area contributed by atoms with Crippen LogP contribution in [0.2, 0.25) is 0 Å². The van der Waals surface area contributed by atoms with Crippen LogP contribution in [0.15, 0.2) is 29.4 Å². The minimum absolute atomic E-state index is 0.140. The quantitative estimate of drug-likeness (QED) is 0.630. The number of nitrogens with one attached hydrogen (secondary N) is 1. The van der Waals surface area contributed by atoms with Crippen LogP contribution in [-0.4, -0.2) is 60.4 Å². The molecule has 2 aliphatic rings. The van der Waals surface area contributed by atoms with E-state index in [1.807, 2.05) is 18.2 Å². The minimum atomic E-state index is 0.140. The van der Waals surface area contributed by atoms with Crippen molar-refractivity contribution in [1.29, 1.82) is 0 Å². The first kappa shape index (κ1) is 17.7. The number of aromatic nitrogens is 1. The SMILES string of the molecule is O=C(NCCSc1ccccn1)C1CCCN(C2CCOCC2)C1. The molecular formula is C18H27N3O2S. The van der Waals surface area contributed by atoms with E-state index in [2.05, 4.69) is 15.2 Å². The second-order valence-corrected chi connectivity index (χ2v) is 7.60. The first-order chi connectivity index (χ1) is 11.8. The largest absolute Gasteiger partial charge is 0.381 e. The van der Waals surface area contributed by atoms with Crippen LogP contribution in [0.3, 0.4) is 0 Å². The first-order valence-electron chi connectivity index (χ1n) is 8.96. The number of likely N-dealkylation sites (tertiary alicyclic amines) is 1. The molecule has 5 nitrogen and oxygen atoms in total. The van der Waals surface area contributed by atoms with Crippen LogP contribution >= 0.6 is 11.8 Å². The van der Waals surface area contributed by atoms with Crippen molar-refractivity contribution in [2.24, 2.45) is 5.92 Å². The van der Waals surface area contributed by atoms with Crippen molar-refractivity contribution < 1.29 is 9.53 Å². The van der Waals surface area contributed by atoms with E-state index in [9.17, 15) is 4.79 Å². The summed E-state index contributed by atoms with van der Waals surface area (Å²) in [6.07, 6.45) is 6.15. The van der Waals surface area contributed by atoms with Crippen molar-refractivity contribution in [2.45, 2.75) is 36.8 Å². The predicted molar refractivity (Wildman–Crippen MR) is 96.1 cm³/mol. The predicted octanol–water partition coefficient (Wildman–Crippen LogP) is 2.18. The number of hydrogen-bond acceptors (Lipinski definition) is 5. The van der Waals surface area contributed by atoms with Gasteiger partial charge >= 0.3 is 0 Å². The standard InChI is InChI=1S/C18H27N3O2S/c22-18(20-9-13-24-17-5-1-2-8-19-17)15-4-3-10-21(14-15)16-6-11-23-12-7-16/h1-2,5,8,15-16H,3-4,6-7,9-14H2,(H,20,22). The molecule has 0 radical (unpaired) electrons. The lowest BCUT2D eigenvalue weighted by atomic mass is 9.94. The van der Waals surface area contributed by atoms with Gasteiger partial charge in [0.1, 0.15) is 0 Å². The van der Waals surface area contributed by atoms with Crippen molar-refractivity contribution >= 4 is 17.7 Å².